The summed E-state index contributed by atoms with van der Waals surface area (Å²) in [6, 6.07) is 10.3. The molecule has 32 heavy (non-hydrogen) atoms. The first-order chi connectivity index (χ1) is 15.0. The van der Waals surface area contributed by atoms with E-state index in [0.717, 1.165) is 35.2 Å². The number of hydrogen-bond acceptors (Lipinski definition) is 3. The molecule has 2 heterocycles. The molecule has 2 aliphatic rings. The van der Waals surface area contributed by atoms with Crippen molar-refractivity contribution in [1.29, 1.82) is 0 Å². The average molecular weight is 491 g/mol. The zero-order chi connectivity index (χ0) is 23.1. The number of aromatic nitrogens is 1. The van der Waals surface area contributed by atoms with Crippen LogP contribution in [0.4, 0.5) is 0 Å². The van der Waals surface area contributed by atoms with Crippen molar-refractivity contribution in [2.45, 2.75) is 18.8 Å². The third-order valence-corrected chi connectivity index (χ3v) is 8.72. The maximum absolute atomic E-state index is 12.0. The number of fused-ring (bicyclic) bond motifs is 2. The van der Waals surface area contributed by atoms with Crippen molar-refractivity contribution in [3.8, 4) is 0 Å². The highest BCUT2D eigenvalue weighted by atomic mass is 35.5. The van der Waals surface area contributed by atoms with Crippen LogP contribution in [0.5, 0.6) is 0 Å². The van der Waals surface area contributed by atoms with E-state index in [9.17, 15) is 8.42 Å². The Labute approximate surface area is 198 Å². The summed E-state index contributed by atoms with van der Waals surface area (Å²) in [5.41, 5.74) is 5.71. The van der Waals surface area contributed by atoms with Crippen LogP contribution >= 0.6 is 21.6 Å². The number of allylic oxidation sites excluding steroid dienone is 2. The minimum atomic E-state index is -3.16. The molecule has 0 bridgehead atoms. The molecular formula is C25H31ClN2O2S2. The van der Waals surface area contributed by atoms with Gasteiger partial charge in [-0.1, -0.05) is 23.7 Å². The number of halogens is 1. The van der Waals surface area contributed by atoms with E-state index >= 15 is 0 Å². The van der Waals surface area contributed by atoms with Crippen LogP contribution < -0.4 is 0 Å². The molecule has 172 valence electrons. The monoisotopic (exact) mass is 490 g/mol. The van der Waals surface area contributed by atoms with Crippen LogP contribution in [0.2, 0.25) is 5.02 Å². The standard InChI is InChI=1S/C25H31ClN2O2S2/c1-31(2,3)15-11-19-16-20-17-21(26)7-8-22(20)24(25-23(19)6-5-12-27-25)18-9-13-28(14-10-18)32(4,29)30/h5-8,11-12,15-18,24H,9-10,13-14H2,1-4H3/b15-11-. The van der Waals surface area contributed by atoms with Gasteiger partial charge in [-0.15, -0.1) is 0 Å². The summed E-state index contributed by atoms with van der Waals surface area (Å²) in [4.78, 5) is 4.89. The first-order valence-electron chi connectivity index (χ1n) is 10.8. The molecule has 1 unspecified atom stereocenters. The highest BCUT2D eigenvalue weighted by molar-refractivity contribution is 8.34. The van der Waals surface area contributed by atoms with E-state index < -0.39 is 20.1 Å². The van der Waals surface area contributed by atoms with Crippen molar-refractivity contribution in [1.82, 2.24) is 9.29 Å². The normalized spacial score (nSPS) is 21.0. The maximum Gasteiger partial charge on any atom is 0.211 e. The Balaban J connectivity index is 1.82. The number of rotatable bonds is 4. The average Bonchev–Trinajstić information content (AvgIpc) is 2.85. The van der Waals surface area contributed by atoms with Crippen LogP contribution in [0.1, 0.15) is 41.1 Å². The van der Waals surface area contributed by atoms with Gasteiger partial charge in [-0.25, -0.2) is 22.8 Å². The molecule has 1 aromatic heterocycles. The molecule has 1 aliphatic carbocycles. The van der Waals surface area contributed by atoms with Crippen molar-refractivity contribution >= 4 is 43.3 Å². The Morgan fingerprint density at radius 2 is 1.81 bits per heavy atom. The van der Waals surface area contributed by atoms with Gasteiger partial charge >= 0.3 is 0 Å². The number of sulfonamides is 1. The molecule has 7 heteroatoms. The molecule has 1 saturated heterocycles. The fourth-order valence-corrected chi connectivity index (χ4v) is 6.30. The summed E-state index contributed by atoms with van der Waals surface area (Å²) in [5, 5.41) is 3.03. The summed E-state index contributed by atoms with van der Waals surface area (Å²) in [6.45, 7) is 1.11. The molecule has 1 aromatic carbocycles. The predicted octanol–water partition coefficient (Wildman–Crippen LogP) is 5.60. The van der Waals surface area contributed by atoms with E-state index in [4.69, 9.17) is 16.6 Å². The number of hydrogen-bond donors (Lipinski definition) is 0. The van der Waals surface area contributed by atoms with E-state index in [1.54, 1.807) is 4.31 Å². The van der Waals surface area contributed by atoms with Crippen molar-refractivity contribution in [2.24, 2.45) is 5.92 Å². The first kappa shape index (κ1) is 23.6. The smallest absolute Gasteiger partial charge is 0.211 e. The number of benzene rings is 1. The SMILES string of the molecule is CS(C)(C)/C=C\C1=Cc2cc(Cl)ccc2C(C2CCN(S(C)(=O)=O)CC2)c2ncccc21. The molecule has 1 fully saturated rings. The number of pyridine rings is 1. The van der Waals surface area contributed by atoms with Crippen molar-refractivity contribution in [3.63, 3.8) is 0 Å². The molecule has 0 saturated carbocycles. The largest absolute Gasteiger partial charge is 0.260 e. The quantitative estimate of drug-likeness (QED) is 0.560. The van der Waals surface area contributed by atoms with Gasteiger partial charge in [-0.3, -0.25) is 4.98 Å². The minimum Gasteiger partial charge on any atom is -0.260 e. The van der Waals surface area contributed by atoms with Gasteiger partial charge in [0.25, 0.3) is 0 Å². The summed E-state index contributed by atoms with van der Waals surface area (Å²) < 4.78 is 25.7. The molecule has 4 nitrogen and oxygen atoms in total. The van der Waals surface area contributed by atoms with Gasteiger partial charge in [0.05, 0.1) is 11.9 Å². The molecule has 1 aliphatic heterocycles. The van der Waals surface area contributed by atoms with Gasteiger partial charge in [0.1, 0.15) is 0 Å². The van der Waals surface area contributed by atoms with Crippen LogP contribution in [0.15, 0.2) is 48.0 Å². The lowest BCUT2D eigenvalue weighted by Crippen LogP contribution is -2.39. The van der Waals surface area contributed by atoms with Crippen LogP contribution in [-0.4, -0.2) is 55.8 Å². The van der Waals surface area contributed by atoms with Gasteiger partial charge in [-0.05, 0) is 90.0 Å². The molecular weight excluding hydrogens is 460 g/mol. The molecule has 0 radical (unpaired) electrons. The molecule has 1 atom stereocenters. The van der Waals surface area contributed by atoms with E-state index in [1.807, 2.05) is 24.4 Å². The Morgan fingerprint density at radius 3 is 2.47 bits per heavy atom. The summed E-state index contributed by atoms with van der Waals surface area (Å²) in [6.07, 6.45) is 16.1. The highest BCUT2D eigenvalue weighted by Crippen LogP contribution is 2.46. The summed E-state index contributed by atoms with van der Waals surface area (Å²) in [5.74, 6) is 0.413. The number of nitrogens with zero attached hydrogens (tertiary/aromatic N) is 2. The highest BCUT2D eigenvalue weighted by Gasteiger charge is 2.35. The number of piperidine rings is 1. The van der Waals surface area contributed by atoms with Gasteiger partial charge in [-0.2, -0.15) is 0 Å². The molecule has 0 spiro atoms. The van der Waals surface area contributed by atoms with Crippen molar-refractivity contribution in [3.05, 3.63) is 75.4 Å². The first-order valence-corrected chi connectivity index (χ1v) is 16.0. The Morgan fingerprint density at radius 1 is 1.09 bits per heavy atom. The van der Waals surface area contributed by atoms with Gasteiger partial charge in [0.15, 0.2) is 0 Å². The van der Waals surface area contributed by atoms with Crippen LogP contribution in [0.25, 0.3) is 11.6 Å². The van der Waals surface area contributed by atoms with Crippen LogP contribution in [0, 0.1) is 5.92 Å². The molecule has 4 rings (SSSR count). The van der Waals surface area contributed by atoms with E-state index in [-0.39, 0.29) is 5.92 Å². The van der Waals surface area contributed by atoms with E-state index in [0.29, 0.717) is 24.0 Å². The summed E-state index contributed by atoms with van der Waals surface area (Å²) in [7, 11) is -3.97. The lowest BCUT2D eigenvalue weighted by atomic mass is 9.76. The molecule has 0 N–H and O–H groups in total. The van der Waals surface area contributed by atoms with Crippen molar-refractivity contribution < 1.29 is 8.42 Å². The fourth-order valence-electron chi connectivity index (χ4n) is 4.69. The topological polar surface area (TPSA) is 50.3 Å². The van der Waals surface area contributed by atoms with Gasteiger partial charge in [0, 0.05) is 35.8 Å². The minimum absolute atomic E-state index is 0.101. The zero-order valence-electron chi connectivity index (χ0n) is 19.1. The molecule has 2 aromatic rings. The predicted molar refractivity (Wildman–Crippen MR) is 139 cm³/mol. The van der Waals surface area contributed by atoms with Gasteiger partial charge < -0.3 is 0 Å². The van der Waals surface area contributed by atoms with E-state index in [1.165, 1.54) is 11.8 Å². The zero-order valence-corrected chi connectivity index (χ0v) is 21.5. The lowest BCUT2D eigenvalue weighted by Gasteiger charge is -2.35. The van der Waals surface area contributed by atoms with E-state index in [2.05, 4.69) is 48.5 Å². The Bertz CT molecular complexity index is 1170. The van der Waals surface area contributed by atoms with Gasteiger partial charge in [0.2, 0.25) is 10.0 Å². The third kappa shape index (κ3) is 5.14. The Kier molecular flexibility index (Phi) is 6.61. The second-order valence-corrected chi connectivity index (χ2v) is 16.1. The van der Waals surface area contributed by atoms with Crippen LogP contribution in [-0.2, 0) is 10.0 Å². The van der Waals surface area contributed by atoms with Crippen LogP contribution in [0.3, 0.4) is 0 Å². The third-order valence-electron chi connectivity index (χ3n) is 6.23. The lowest BCUT2D eigenvalue weighted by molar-refractivity contribution is 0.256. The van der Waals surface area contributed by atoms with Crippen molar-refractivity contribution in [2.75, 3.05) is 38.1 Å². The fraction of sp³-hybridized carbons (Fsp3) is 0.400. The summed E-state index contributed by atoms with van der Waals surface area (Å²) >= 11 is 6.41. The second-order valence-electron chi connectivity index (χ2n) is 9.52. The Hall–Kier alpha value is -1.60. The second kappa shape index (κ2) is 8.98. The molecule has 0 amide bonds. The maximum atomic E-state index is 12.0.